The quantitative estimate of drug-likeness (QED) is 0.635. The lowest BCUT2D eigenvalue weighted by molar-refractivity contribution is -0.138. The number of hydrogen-bond acceptors (Lipinski definition) is 5. The number of rotatable bonds is 5. The van der Waals surface area contributed by atoms with Crippen molar-refractivity contribution in [2.45, 2.75) is 32.9 Å². The summed E-state index contributed by atoms with van der Waals surface area (Å²) in [6.45, 7) is 5.80. The molecule has 0 aliphatic carbocycles. The first-order chi connectivity index (χ1) is 13.3. The standard InChI is InChI=1S/C21H24N4O3/c1-13(2)25-19-17(12-22-25)16(11-14(3)23-19)21(27)28-18(20(26)24(4)5)15-9-7-6-8-10-15/h6-13,18H,1-5H3. The van der Waals surface area contributed by atoms with Gasteiger partial charge in [0.05, 0.1) is 17.1 Å². The summed E-state index contributed by atoms with van der Waals surface area (Å²) in [5, 5.41) is 4.96. The summed E-state index contributed by atoms with van der Waals surface area (Å²) >= 11 is 0. The number of fused-ring (bicyclic) bond motifs is 1. The average molecular weight is 380 g/mol. The molecule has 28 heavy (non-hydrogen) atoms. The van der Waals surface area contributed by atoms with Crippen molar-refractivity contribution in [3.05, 3.63) is 59.4 Å². The van der Waals surface area contributed by atoms with Gasteiger partial charge in [-0.25, -0.2) is 14.5 Å². The smallest absolute Gasteiger partial charge is 0.340 e. The van der Waals surface area contributed by atoms with E-state index in [0.29, 0.717) is 27.9 Å². The number of likely N-dealkylation sites (N-methyl/N-ethyl adjacent to an activating group) is 1. The Morgan fingerprint density at radius 1 is 1.14 bits per heavy atom. The highest BCUT2D eigenvalue weighted by Crippen LogP contribution is 2.25. The van der Waals surface area contributed by atoms with Crippen LogP contribution in [0.15, 0.2) is 42.6 Å². The molecule has 7 heteroatoms. The van der Waals surface area contributed by atoms with Gasteiger partial charge in [-0.05, 0) is 26.8 Å². The summed E-state index contributed by atoms with van der Waals surface area (Å²) < 4.78 is 7.45. The van der Waals surface area contributed by atoms with Crippen LogP contribution in [0.2, 0.25) is 0 Å². The van der Waals surface area contributed by atoms with Gasteiger partial charge in [0.2, 0.25) is 6.10 Å². The van der Waals surface area contributed by atoms with Crippen molar-refractivity contribution in [2.24, 2.45) is 0 Å². The molecule has 0 aliphatic rings. The predicted octanol–water partition coefficient (Wildman–Crippen LogP) is 3.31. The molecule has 7 nitrogen and oxygen atoms in total. The summed E-state index contributed by atoms with van der Waals surface area (Å²) in [6.07, 6.45) is 0.594. The minimum absolute atomic E-state index is 0.100. The lowest BCUT2D eigenvalue weighted by Crippen LogP contribution is -2.31. The second-order valence-corrected chi connectivity index (χ2v) is 7.16. The molecule has 146 valence electrons. The zero-order chi connectivity index (χ0) is 20.4. The van der Waals surface area contributed by atoms with Crippen LogP contribution in [0, 0.1) is 6.92 Å². The third kappa shape index (κ3) is 3.74. The van der Waals surface area contributed by atoms with Crippen LogP contribution < -0.4 is 0 Å². The summed E-state index contributed by atoms with van der Waals surface area (Å²) in [7, 11) is 3.27. The molecule has 0 bridgehead atoms. The maximum absolute atomic E-state index is 13.0. The maximum atomic E-state index is 13.0. The van der Waals surface area contributed by atoms with Gasteiger partial charge in [-0.2, -0.15) is 5.10 Å². The zero-order valence-corrected chi connectivity index (χ0v) is 16.7. The minimum atomic E-state index is -1.02. The van der Waals surface area contributed by atoms with Crippen LogP contribution in [0.25, 0.3) is 11.0 Å². The van der Waals surface area contributed by atoms with Crippen LogP contribution in [-0.2, 0) is 9.53 Å². The number of ether oxygens (including phenoxy) is 1. The minimum Gasteiger partial charge on any atom is -0.444 e. The molecule has 0 saturated carbocycles. The molecule has 0 spiro atoms. The van der Waals surface area contributed by atoms with Crippen LogP contribution in [0.4, 0.5) is 0 Å². The van der Waals surface area contributed by atoms with E-state index < -0.39 is 12.1 Å². The number of carbonyl (C=O) groups is 2. The largest absolute Gasteiger partial charge is 0.444 e. The van der Waals surface area contributed by atoms with Gasteiger partial charge in [0, 0.05) is 31.4 Å². The molecule has 0 radical (unpaired) electrons. The summed E-state index contributed by atoms with van der Waals surface area (Å²) in [5.41, 5.74) is 2.27. The van der Waals surface area contributed by atoms with Gasteiger partial charge in [-0.3, -0.25) is 4.79 Å². The van der Waals surface area contributed by atoms with E-state index >= 15 is 0 Å². The first-order valence-corrected chi connectivity index (χ1v) is 9.11. The number of amides is 1. The van der Waals surface area contributed by atoms with Crippen molar-refractivity contribution in [3.8, 4) is 0 Å². The summed E-state index contributed by atoms with van der Waals surface area (Å²) in [6, 6.07) is 10.8. The third-order valence-corrected chi connectivity index (χ3v) is 4.40. The van der Waals surface area contributed by atoms with Gasteiger partial charge in [-0.15, -0.1) is 0 Å². The molecule has 2 heterocycles. The highest BCUT2D eigenvalue weighted by atomic mass is 16.5. The van der Waals surface area contributed by atoms with Gasteiger partial charge in [0.1, 0.15) is 0 Å². The van der Waals surface area contributed by atoms with Crippen LogP contribution >= 0.6 is 0 Å². The number of carbonyl (C=O) groups excluding carboxylic acids is 2. The predicted molar refractivity (Wildman–Crippen MR) is 106 cm³/mol. The van der Waals surface area contributed by atoms with Crippen LogP contribution in [0.3, 0.4) is 0 Å². The van der Waals surface area contributed by atoms with Crippen LogP contribution in [-0.4, -0.2) is 45.6 Å². The molecule has 1 aromatic carbocycles. The molecule has 3 aromatic rings. The molecule has 1 atom stereocenters. The van der Waals surface area contributed by atoms with E-state index in [0.717, 1.165) is 0 Å². The molecule has 0 fully saturated rings. The van der Waals surface area contributed by atoms with E-state index in [9.17, 15) is 9.59 Å². The molecule has 3 rings (SSSR count). The molecule has 1 unspecified atom stereocenters. The zero-order valence-electron chi connectivity index (χ0n) is 16.7. The highest BCUT2D eigenvalue weighted by Gasteiger charge is 2.28. The Bertz CT molecular complexity index is 1010. The fourth-order valence-electron chi connectivity index (χ4n) is 2.98. The van der Waals surface area contributed by atoms with E-state index in [4.69, 9.17) is 4.74 Å². The van der Waals surface area contributed by atoms with Gasteiger partial charge in [0.25, 0.3) is 5.91 Å². The fraction of sp³-hybridized carbons (Fsp3) is 0.333. The lowest BCUT2D eigenvalue weighted by atomic mass is 10.1. The van der Waals surface area contributed by atoms with Gasteiger partial charge in [0.15, 0.2) is 5.65 Å². The third-order valence-electron chi connectivity index (χ3n) is 4.40. The average Bonchev–Trinajstić information content (AvgIpc) is 3.09. The number of pyridine rings is 1. The number of nitrogens with zero attached hydrogens (tertiary/aromatic N) is 4. The topological polar surface area (TPSA) is 77.3 Å². The highest BCUT2D eigenvalue weighted by molar-refractivity contribution is 6.03. The van der Waals surface area contributed by atoms with Crippen LogP contribution in [0.1, 0.15) is 47.6 Å². The number of aromatic nitrogens is 3. The Morgan fingerprint density at radius 3 is 2.43 bits per heavy atom. The van der Waals surface area contributed by atoms with Crippen molar-refractivity contribution in [1.29, 1.82) is 0 Å². The second-order valence-electron chi connectivity index (χ2n) is 7.16. The van der Waals surface area contributed by atoms with E-state index in [1.165, 1.54) is 4.90 Å². The van der Waals surface area contributed by atoms with E-state index in [1.807, 2.05) is 26.8 Å². The molecular weight excluding hydrogens is 356 g/mol. The molecule has 1 amide bonds. The Morgan fingerprint density at radius 2 is 1.82 bits per heavy atom. The van der Waals surface area contributed by atoms with Crippen molar-refractivity contribution >= 4 is 22.9 Å². The Kier molecular flexibility index (Phi) is 5.44. The van der Waals surface area contributed by atoms with Crippen molar-refractivity contribution < 1.29 is 14.3 Å². The molecular formula is C21H24N4O3. The van der Waals surface area contributed by atoms with Crippen LogP contribution in [0.5, 0.6) is 0 Å². The maximum Gasteiger partial charge on any atom is 0.340 e. The number of hydrogen-bond donors (Lipinski definition) is 0. The first kappa shape index (κ1) is 19.5. The number of aryl methyl sites for hydroxylation is 1. The number of esters is 1. The molecule has 0 saturated heterocycles. The Hall–Kier alpha value is -3.22. The Balaban J connectivity index is 2.02. The van der Waals surface area contributed by atoms with E-state index in [2.05, 4.69) is 10.1 Å². The normalized spacial score (nSPS) is 12.2. The molecule has 0 aliphatic heterocycles. The van der Waals surface area contributed by atoms with Gasteiger partial charge < -0.3 is 9.64 Å². The lowest BCUT2D eigenvalue weighted by Gasteiger charge is -2.21. The Labute approximate surface area is 163 Å². The first-order valence-electron chi connectivity index (χ1n) is 9.11. The molecule has 0 N–H and O–H groups in total. The summed E-state index contributed by atoms with van der Waals surface area (Å²) in [4.78, 5) is 31.6. The van der Waals surface area contributed by atoms with Crippen molar-refractivity contribution in [2.75, 3.05) is 14.1 Å². The SMILES string of the molecule is Cc1cc(C(=O)OC(C(=O)N(C)C)c2ccccc2)c2cnn(C(C)C)c2n1. The second kappa shape index (κ2) is 7.80. The van der Waals surface area contributed by atoms with Crippen molar-refractivity contribution in [1.82, 2.24) is 19.7 Å². The molecule has 2 aromatic heterocycles. The number of benzene rings is 1. The van der Waals surface area contributed by atoms with Crippen molar-refractivity contribution in [3.63, 3.8) is 0 Å². The van der Waals surface area contributed by atoms with Gasteiger partial charge >= 0.3 is 5.97 Å². The summed E-state index contributed by atoms with van der Waals surface area (Å²) in [5.74, 6) is -0.887. The van der Waals surface area contributed by atoms with Gasteiger partial charge in [-0.1, -0.05) is 30.3 Å². The van der Waals surface area contributed by atoms with E-state index in [1.54, 1.807) is 55.3 Å². The fourth-order valence-corrected chi connectivity index (χ4v) is 2.98. The van der Waals surface area contributed by atoms with E-state index in [-0.39, 0.29) is 11.9 Å². The monoisotopic (exact) mass is 380 g/mol.